The molecule has 0 aliphatic rings. The van der Waals surface area contributed by atoms with Crippen LogP contribution in [0.25, 0.3) is 0 Å². The van der Waals surface area contributed by atoms with Gasteiger partial charge in [-0.05, 0) is 49.1 Å². The Bertz CT molecular complexity index is 508. The number of hydrogen-bond acceptors (Lipinski definition) is 2. The molecule has 0 bridgehead atoms. The molecule has 2 aromatic rings. The predicted molar refractivity (Wildman–Crippen MR) is 75.8 cm³/mol. The van der Waals surface area contributed by atoms with Crippen LogP contribution in [0.1, 0.15) is 17.5 Å². The fourth-order valence-electron chi connectivity index (χ4n) is 1.93. The zero-order valence-corrected chi connectivity index (χ0v) is 10.7. The van der Waals surface area contributed by atoms with Crippen LogP contribution < -0.4 is 10.5 Å². The van der Waals surface area contributed by atoms with Crippen LogP contribution in [-0.4, -0.2) is 6.61 Å². The summed E-state index contributed by atoms with van der Waals surface area (Å²) >= 11 is 0. The van der Waals surface area contributed by atoms with E-state index in [2.05, 4.69) is 19.1 Å². The van der Waals surface area contributed by atoms with Gasteiger partial charge in [0.1, 0.15) is 5.75 Å². The van der Waals surface area contributed by atoms with Gasteiger partial charge in [0, 0.05) is 5.69 Å². The lowest BCUT2D eigenvalue weighted by molar-refractivity contribution is 0.309. The van der Waals surface area contributed by atoms with E-state index in [1.807, 2.05) is 36.4 Å². The van der Waals surface area contributed by atoms with Crippen LogP contribution in [-0.2, 0) is 6.42 Å². The Labute approximate surface area is 108 Å². The summed E-state index contributed by atoms with van der Waals surface area (Å²) in [7, 11) is 0. The average Bonchev–Trinajstić information content (AvgIpc) is 2.37. The highest BCUT2D eigenvalue weighted by Gasteiger charge is 1.98. The summed E-state index contributed by atoms with van der Waals surface area (Å²) in [5.41, 5.74) is 9.02. The number of nitrogens with two attached hydrogens (primary N) is 1. The highest BCUT2D eigenvalue weighted by atomic mass is 16.5. The number of aryl methyl sites for hydroxylation is 2. The molecule has 0 aliphatic carbocycles. The van der Waals surface area contributed by atoms with Gasteiger partial charge < -0.3 is 10.5 Å². The number of anilines is 1. The standard InChI is InChI=1S/C16H19NO/c1-13-6-2-3-10-16(13)18-11-5-8-14-7-4-9-15(17)12-14/h2-4,6-7,9-10,12H,5,8,11,17H2,1H3. The van der Waals surface area contributed by atoms with E-state index < -0.39 is 0 Å². The number of hydrogen-bond donors (Lipinski definition) is 1. The van der Waals surface area contributed by atoms with E-state index in [-0.39, 0.29) is 0 Å². The summed E-state index contributed by atoms with van der Waals surface area (Å²) in [5.74, 6) is 0.977. The first-order chi connectivity index (χ1) is 8.75. The molecule has 0 atom stereocenters. The molecule has 0 saturated heterocycles. The second-order valence-corrected chi connectivity index (χ2v) is 4.46. The quantitative estimate of drug-likeness (QED) is 0.641. The number of rotatable bonds is 5. The van der Waals surface area contributed by atoms with Crippen LogP contribution in [0.4, 0.5) is 5.69 Å². The largest absolute Gasteiger partial charge is 0.493 e. The molecule has 0 fully saturated rings. The van der Waals surface area contributed by atoms with Gasteiger partial charge in [0.25, 0.3) is 0 Å². The molecule has 0 aliphatic heterocycles. The molecule has 2 nitrogen and oxygen atoms in total. The minimum atomic E-state index is 0.736. The van der Waals surface area contributed by atoms with Gasteiger partial charge in [-0.15, -0.1) is 0 Å². The normalized spacial score (nSPS) is 10.3. The van der Waals surface area contributed by atoms with Crippen molar-refractivity contribution in [2.45, 2.75) is 19.8 Å². The first-order valence-corrected chi connectivity index (χ1v) is 6.28. The van der Waals surface area contributed by atoms with Crippen LogP contribution in [0.2, 0.25) is 0 Å². The molecule has 0 radical (unpaired) electrons. The van der Waals surface area contributed by atoms with E-state index in [1.165, 1.54) is 11.1 Å². The third-order valence-electron chi connectivity index (χ3n) is 2.91. The molecule has 18 heavy (non-hydrogen) atoms. The smallest absolute Gasteiger partial charge is 0.122 e. The molecule has 0 amide bonds. The van der Waals surface area contributed by atoms with Crippen molar-refractivity contribution in [2.24, 2.45) is 0 Å². The Kier molecular flexibility index (Phi) is 4.24. The van der Waals surface area contributed by atoms with Gasteiger partial charge in [-0.2, -0.15) is 0 Å². The molecule has 0 spiro atoms. The van der Waals surface area contributed by atoms with Gasteiger partial charge in [0.15, 0.2) is 0 Å². The topological polar surface area (TPSA) is 35.2 Å². The van der Waals surface area contributed by atoms with Gasteiger partial charge in [0.05, 0.1) is 6.61 Å². The van der Waals surface area contributed by atoms with E-state index in [9.17, 15) is 0 Å². The van der Waals surface area contributed by atoms with Gasteiger partial charge >= 0.3 is 0 Å². The van der Waals surface area contributed by atoms with Gasteiger partial charge in [-0.1, -0.05) is 30.3 Å². The van der Waals surface area contributed by atoms with E-state index in [0.29, 0.717) is 0 Å². The summed E-state index contributed by atoms with van der Waals surface area (Å²) in [6.07, 6.45) is 1.99. The second kappa shape index (κ2) is 6.10. The van der Waals surface area contributed by atoms with Crippen LogP contribution in [0.3, 0.4) is 0 Å². The fraction of sp³-hybridized carbons (Fsp3) is 0.250. The lowest BCUT2D eigenvalue weighted by Gasteiger charge is -2.08. The second-order valence-electron chi connectivity index (χ2n) is 4.46. The van der Waals surface area contributed by atoms with Crippen molar-refractivity contribution in [3.05, 3.63) is 59.7 Å². The zero-order valence-electron chi connectivity index (χ0n) is 10.7. The van der Waals surface area contributed by atoms with Crippen molar-refractivity contribution in [1.82, 2.24) is 0 Å². The van der Waals surface area contributed by atoms with Gasteiger partial charge in [-0.25, -0.2) is 0 Å². The molecule has 2 aromatic carbocycles. The maximum absolute atomic E-state index is 5.76. The highest BCUT2D eigenvalue weighted by Crippen LogP contribution is 2.16. The van der Waals surface area contributed by atoms with Crippen molar-refractivity contribution >= 4 is 5.69 Å². The van der Waals surface area contributed by atoms with Crippen LogP contribution in [0.15, 0.2) is 48.5 Å². The maximum Gasteiger partial charge on any atom is 0.122 e. The maximum atomic E-state index is 5.76. The van der Waals surface area contributed by atoms with E-state index >= 15 is 0 Å². The monoisotopic (exact) mass is 241 g/mol. The SMILES string of the molecule is Cc1ccccc1OCCCc1cccc(N)c1. The fourth-order valence-corrected chi connectivity index (χ4v) is 1.93. The van der Waals surface area contributed by atoms with Crippen LogP contribution >= 0.6 is 0 Å². The lowest BCUT2D eigenvalue weighted by atomic mass is 10.1. The zero-order chi connectivity index (χ0) is 12.8. The van der Waals surface area contributed by atoms with Crippen molar-refractivity contribution in [2.75, 3.05) is 12.3 Å². The van der Waals surface area contributed by atoms with Crippen molar-refractivity contribution in [1.29, 1.82) is 0 Å². The Morgan fingerprint density at radius 2 is 1.89 bits per heavy atom. The van der Waals surface area contributed by atoms with E-state index in [1.54, 1.807) is 0 Å². The first kappa shape index (κ1) is 12.5. The lowest BCUT2D eigenvalue weighted by Crippen LogP contribution is -2.00. The van der Waals surface area contributed by atoms with Crippen LogP contribution in [0.5, 0.6) is 5.75 Å². The number of benzene rings is 2. The summed E-state index contributed by atoms with van der Waals surface area (Å²) in [6.45, 7) is 2.80. The predicted octanol–water partition coefficient (Wildman–Crippen LogP) is 3.59. The first-order valence-electron chi connectivity index (χ1n) is 6.28. The van der Waals surface area contributed by atoms with Crippen LogP contribution in [0, 0.1) is 6.92 Å². The molecule has 2 N–H and O–H groups in total. The van der Waals surface area contributed by atoms with E-state index in [4.69, 9.17) is 10.5 Å². The molecule has 0 saturated carbocycles. The molecule has 0 heterocycles. The van der Waals surface area contributed by atoms with Crippen molar-refractivity contribution in [3.8, 4) is 5.75 Å². The van der Waals surface area contributed by atoms with E-state index in [0.717, 1.165) is 30.9 Å². The third-order valence-corrected chi connectivity index (χ3v) is 2.91. The average molecular weight is 241 g/mol. The third kappa shape index (κ3) is 3.52. The van der Waals surface area contributed by atoms with Crippen molar-refractivity contribution < 1.29 is 4.74 Å². The van der Waals surface area contributed by atoms with Crippen molar-refractivity contribution in [3.63, 3.8) is 0 Å². The minimum Gasteiger partial charge on any atom is -0.493 e. The minimum absolute atomic E-state index is 0.736. The van der Waals surface area contributed by atoms with Gasteiger partial charge in [0.2, 0.25) is 0 Å². The molecule has 0 unspecified atom stereocenters. The summed E-state index contributed by atoms with van der Waals surface area (Å²) in [6, 6.07) is 16.1. The molecular weight excluding hydrogens is 222 g/mol. The molecule has 94 valence electrons. The number of ether oxygens (including phenoxy) is 1. The number of para-hydroxylation sites is 1. The number of nitrogen functional groups attached to an aromatic ring is 1. The Morgan fingerprint density at radius 3 is 2.67 bits per heavy atom. The Morgan fingerprint density at radius 1 is 1.06 bits per heavy atom. The summed E-state index contributed by atoms with van der Waals surface area (Å²) < 4.78 is 5.76. The van der Waals surface area contributed by atoms with Gasteiger partial charge in [-0.3, -0.25) is 0 Å². The molecule has 2 heteroatoms. The molecule has 0 aromatic heterocycles. The molecular formula is C16H19NO. The highest BCUT2D eigenvalue weighted by molar-refractivity contribution is 5.40. The Hall–Kier alpha value is -1.96. The Balaban J connectivity index is 1.78. The summed E-state index contributed by atoms with van der Waals surface area (Å²) in [5, 5.41) is 0. The molecule has 2 rings (SSSR count). The summed E-state index contributed by atoms with van der Waals surface area (Å²) in [4.78, 5) is 0.